The van der Waals surface area contributed by atoms with Crippen LogP contribution in [0.4, 0.5) is 4.39 Å². The van der Waals surface area contributed by atoms with Gasteiger partial charge < -0.3 is 0 Å². The van der Waals surface area contributed by atoms with Crippen LogP contribution in [0.25, 0.3) is 0 Å². The molecule has 0 aliphatic carbocycles. The van der Waals surface area contributed by atoms with E-state index in [-0.39, 0.29) is 5.83 Å². The van der Waals surface area contributed by atoms with Crippen molar-refractivity contribution in [3.8, 4) is 0 Å². The van der Waals surface area contributed by atoms with Crippen LogP contribution in [-0.4, -0.2) is 0 Å². The van der Waals surface area contributed by atoms with Crippen molar-refractivity contribution in [2.75, 3.05) is 0 Å². The van der Waals surface area contributed by atoms with Crippen molar-refractivity contribution in [2.45, 2.75) is 26.7 Å². The van der Waals surface area contributed by atoms with E-state index in [1.165, 1.54) is 6.08 Å². The van der Waals surface area contributed by atoms with Crippen LogP contribution in [0.2, 0.25) is 0 Å². The highest BCUT2D eigenvalue weighted by molar-refractivity contribution is 4.91. The third kappa shape index (κ3) is 5.28. The molecule has 0 heterocycles. The molecule has 52 valence electrons. The highest BCUT2D eigenvalue weighted by Gasteiger charge is 1.87. The summed E-state index contributed by atoms with van der Waals surface area (Å²) < 4.78 is 12.3. The molecule has 0 saturated heterocycles. The monoisotopic (exact) mass is 128 g/mol. The SMILES string of the molecule is C/C=C(\F)CC/C=C/C. The van der Waals surface area contributed by atoms with Crippen molar-refractivity contribution in [3.05, 3.63) is 24.1 Å². The Kier molecular flexibility index (Phi) is 5.18. The molecule has 0 atom stereocenters. The molecular weight excluding hydrogens is 115 g/mol. The first-order valence-electron chi connectivity index (χ1n) is 3.23. The van der Waals surface area contributed by atoms with Gasteiger partial charge in [0.1, 0.15) is 0 Å². The Bertz CT molecular complexity index is 112. The van der Waals surface area contributed by atoms with E-state index in [0.717, 1.165) is 6.42 Å². The second kappa shape index (κ2) is 5.54. The van der Waals surface area contributed by atoms with Gasteiger partial charge in [0.15, 0.2) is 0 Å². The molecule has 0 rings (SSSR count). The van der Waals surface area contributed by atoms with Gasteiger partial charge in [-0.15, -0.1) is 0 Å². The minimum absolute atomic E-state index is 0.0203. The van der Waals surface area contributed by atoms with E-state index < -0.39 is 0 Å². The smallest absolute Gasteiger partial charge is 0.0960 e. The number of rotatable bonds is 3. The van der Waals surface area contributed by atoms with Crippen molar-refractivity contribution in [1.82, 2.24) is 0 Å². The van der Waals surface area contributed by atoms with Crippen LogP contribution >= 0.6 is 0 Å². The zero-order chi connectivity index (χ0) is 7.11. The van der Waals surface area contributed by atoms with Gasteiger partial charge in [-0.25, -0.2) is 4.39 Å². The molecule has 0 aromatic carbocycles. The quantitative estimate of drug-likeness (QED) is 0.512. The number of hydrogen-bond donors (Lipinski definition) is 0. The van der Waals surface area contributed by atoms with Crippen molar-refractivity contribution >= 4 is 0 Å². The van der Waals surface area contributed by atoms with Crippen LogP contribution in [-0.2, 0) is 0 Å². The van der Waals surface area contributed by atoms with Crippen LogP contribution in [0.3, 0.4) is 0 Å². The molecule has 9 heavy (non-hydrogen) atoms. The fraction of sp³-hybridized carbons (Fsp3) is 0.500. The van der Waals surface area contributed by atoms with Crippen LogP contribution < -0.4 is 0 Å². The van der Waals surface area contributed by atoms with E-state index in [9.17, 15) is 4.39 Å². The van der Waals surface area contributed by atoms with Crippen LogP contribution in [0, 0.1) is 0 Å². The fourth-order valence-electron chi connectivity index (χ4n) is 0.532. The van der Waals surface area contributed by atoms with Gasteiger partial charge in [-0.3, -0.25) is 0 Å². The molecule has 0 aromatic rings. The zero-order valence-corrected chi connectivity index (χ0v) is 6.02. The Morgan fingerprint density at radius 2 is 2.11 bits per heavy atom. The van der Waals surface area contributed by atoms with Gasteiger partial charge in [0, 0.05) is 6.42 Å². The third-order valence-electron chi connectivity index (χ3n) is 1.10. The predicted molar refractivity (Wildman–Crippen MR) is 38.9 cm³/mol. The normalized spacial score (nSPS) is 13.0. The average molecular weight is 128 g/mol. The standard InChI is InChI=1S/C8H13F/c1-3-5-6-7-8(9)4-2/h3-5H,6-7H2,1-2H3/b5-3+,8-4-. The number of halogens is 1. The number of hydrogen-bond acceptors (Lipinski definition) is 0. The molecule has 0 N–H and O–H groups in total. The largest absolute Gasteiger partial charge is 0.212 e. The lowest BCUT2D eigenvalue weighted by Crippen LogP contribution is -1.70. The maximum absolute atomic E-state index is 12.3. The molecular formula is C8H13F. The third-order valence-corrected chi connectivity index (χ3v) is 1.10. The molecule has 0 bridgehead atoms. The van der Waals surface area contributed by atoms with E-state index in [1.54, 1.807) is 6.92 Å². The molecule has 0 aliphatic rings. The Hall–Kier alpha value is -0.590. The summed E-state index contributed by atoms with van der Waals surface area (Å²) in [6, 6.07) is 0. The molecule has 0 aliphatic heterocycles. The molecule has 0 spiro atoms. The first kappa shape index (κ1) is 8.41. The van der Waals surface area contributed by atoms with Gasteiger partial charge in [-0.05, 0) is 20.3 Å². The molecule has 0 amide bonds. The lowest BCUT2D eigenvalue weighted by molar-refractivity contribution is 0.590. The minimum atomic E-state index is -0.0203. The summed E-state index contributed by atoms with van der Waals surface area (Å²) in [6.07, 6.45) is 6.75. The van der Waals surface area contributed by atoms with E-state index in [2.05, 4.69) is 0 Å². The van der Waals surface area contributed by atoms with Gasteiger partial charge in [0.05, 0.1) is 5.83 Å². The summed E-state index contributed by atoms with van der Waals surface area (Å²) in [6.45, 7) is 3.65. The predicted octanol–water partition coefficient (Wildman–Crippen LogP) is 3.22. The first-order chi connectivity index (χ1) is 4.31. The molecule has 0 radical (unpaired) electrons. The summed E-state index contributed by atoms with van der Waals surface area (Å²) in [7, 11) is 0. The van der Waals surface area contributed by atoms with E-state index in [0.29, 0.717) is 6.42 Å². The molecule has 1 heteroatoms. The second-order valence-corrected chi connectivity index (χ2v) is 1.84. The molecule has 0 unspecified atom stereocenters. The van der Waals surface area contributed by atoms with Crippen molar-refractivity contribution < 1.29 is 4.39 Å². The van der Waals surface area contributed by atoms with Gasteiger partial charge in [0.25, 0.3) is 0 Å². The van der Waals surface area contributed by atoms with Crippen LogP contribution in [0.1, 0.15) is 26.7 Å². The topological polar surface area (TPSA) is 0 Å². The second-order valence-electron chi connectivity index (χ2n) is 1.84. The Balaban J connectivity index is 3.28. The summed E-state index contributed by atoms with van der Waals surface area (Å²) in [4.78, 5) is 0. The summed E-state index contributed by atoms with van der Waals surface area (Å²) in [5.41, 5.74) is 0. The van der Waals surface area contributed by atoms with Gasteiger partial charge >= 0.3 is 0 Å². The Morgan fingerprint density at radius 1 is 1.44 bits per heavy atom. The van der Waals surface area contributed by atoms with E-state index >= 15 is 0 Å². The lowest BCUT2D eigenvalue weighted by Gasteiger charge is -1.88. The van der Waals surface area contributed by atoms with Crippen molar-refractivity contribution in [3.63, 3.8) is 0 Å². The van der Waals surface area contributed by atoms with Gasteiger partial charge in [-0.1, -0.05) is 18.2 Å². The van der Waals surface area contributed by atoms with Crippen LogP contribution in [0.5, 0.6) is 0 Å². The fourth-order valence-corrected chi connectivity index (χ4v) is 0.532. The molecule has 0 aromatic heterocycles. The Labute approximate surface area is 56.1 Å². The van der Waals surface area contributed by atoms with Crippen molar-refractivity contribution in [2.24, 2.45) is 0 Å². The first-order valence-corrected chi connectivity index (χ1v) is 3.23. The average Bonchev–Trinajstić information content (AvgIpc) is 1.89. The molecule has 0 nitrogen and oxygen atoms in total. The Morgan fingerprint density at radius 3 is 2.56 bits per heavy atom. The summed E-state index contributed by atoms with van der Waals surface area (Å²) in [5, 5.41) is 0. The number of allylic oxidation sites excluding steroid dienone is 4. The lowest BCUT2D eigenvalue weighted by atomic mass is 10.2. The maximum atomic E-state index is 12.3. The molecule has 0 saturated carbocycles. The van der Waals surface area contributed by atoms with E-state index in [4.69, 9.17) is 0 Å². The van der Waals surface area contributed by atoms with E-state index in [1.807, 2.05) is 19.1 Å². The minimum Gasteiger partial charge on any atom is -0.212 e. The van der Waals surface area contributed by atoms with Gasteiger partial charge in [0.2, 0.25) is 0 Å². The zero-order valence-electron chi connectivity index (χ0n) is 6.02. The van der Waals surface area contributed by atoms with Crippen LogP contribution in [0.15, 0.2) is 24.1 Å². The molecule has 0 fully saturated rings. The highest BCUT2D eigenvalue weighted by atomic mass is 19.1. The maximum Gasteiger partial charge on any atom is 0.0960 e. The van der Waals surface area contributed by atoms with Gasteiger partial charge in [-0.2, -0.15) is 0 Å². The summed E-state index contributed by atoms with van der Waals surface area (Å²) in [5.74, 6) is -0.0203. The van der Waals surface area contributed by atoms with Crippen molar-refractivity contribution in [1.29, 1.82) is 0 Å². The summed E-state index contributed by atoms with van der Waals surface area (Å²) >= 11 is 0. The highest BCUT2D eigenvalue weighted by Crippen LogP contribution is 2.05.